The van der Waals surface area contributed by atoms with Gasteiger partial charge in [-0.3, -0.25) is 10.1 Å². The molecule has 0 radical (unpaired) electrons. The van der Waals surface area contributed by atoms with Gasteiger partial charge < -0.3 is 4.74 Å². The fourth-order valence-electron chi connectivity index (χ4n) is 0.965. The minimum absolute atomic E-state index is 0.164. The molecule has 0 unspecified atom stereocenters. The molecule has 0 spiro atoms. The van der Waals surface area contributed by atoms with Crippen LogP contribution in [0.25, 0.3) is 0 Å². The minimum atomic E-state index is -5.26. The highest BCUT2D eigenvalue weighted by Gasteiger charge is 2.37. The van der Waals surface area contributed by atoms with Gasteiger partial charge in [0, 0.05) is 6.07 Å². The Kier molecular flexibility index (Phi) is 3.89. The van der Waals surface area contributed by atoms with E-state index in [0.717, 1.165) is 0 Å². The fraction of sp³-hybridized carbons (Fsp3) is 0.286. The number of halogens is 6. The van der Waals surface area contributed by atoms with Crippen molar-refractivity contribution in [2.24, 2.45) is 0 Å². The summed E-state index contributed by atoms with van der Waals surface area (Å²) in [4.78, 5) is 12.0. The number of nitrogens with zero attached hydrogens (tertiary/aromatic N) is 2. The van der Waals surface area contributed by atoms with Crippen molar-refractivity contribution >= 4 is 17.3 Å². The Morgan fingerprint density at radius 3 is 2.39 bits per heavy atom. The van der Waals surface area contributed by atoms with Gasteiger partial charge in [0.1, 0.15) is 5.69 Å². The molecule has 0 aliphatic heterocycles. The first kappa shape index (κ1) is 14.4. The molecule has 100 valence electrons. The zero-order valence-corrected chi connectivity index (χ0v) is 8.80. The first-order valence-corrected chi connectivity index (χ1v) is 4.38. The van der Waals surface area contributed by atoms with Crippen LogP contribution in [0.5, 0.6) is 5.75 Å². The summed E-state index contributed by atoms with van der Waals surface area (Å²) >= 11 is 5.15. The minimum Gasteiger partial charge on any atom is -0.395 e. The van der Waals surface area contributed by atoms with Crippen LogP contribution in [0.1, 0.15) is 12.1 Å². The first-order valence-electron chi connectivity index (χ1n) is 4.00. The van der Waals surface area contributed by atoms with Crippen molar-refractivity contribution in [2.75, 3.05) is 0 Å². The largest absolute Gasteiger partial charge is 0.573 e. The van der Waals surface area contributed by atoms with Crippen molar-refractivity contribution in [1.29, 1.82) is 0 Å². The topological polar surface area (TPSA) is 65.3 Å². The van der Waals surface area contributed by atoms with E-state index in [0.29, 0.717) is 0 Å². The third kappa shape index (κ3) is 3.39. The molecule has 0 fully saturated rings. The lowest BCUT2D eigenvalue weighted by Gasteiger charge is -2.11. The molecule has 0 amide bonds. The maximum Gasteiger partial charge on any atom is 0.573 e. The summed E-state index contributed by atoms with van der Waals surface area (Å²) in [6, 6.07) is 0.164. The van der Waals surface area contributed by atoms with Crippen molar-refractivity contribution in [2.45, 2.75) is 12.8 Å². The van der Waals surface area contributed by atoms with E-state index in [4.69, 9.17) is 11.6 Å². The highest BCUT2D eigenvalue weighted by molar-refractivity contribution is 6.31. The zero-order chi connectivity index (χ0) is 14.1. The molecule has 0 bridgehead atoms. The van der Waals surface area contributed by atoms with Gasteiger partial charge in [0.15, 0.2) is 5.15 Å². The molecule has 5 nitrogen and oxygen atoms in total. The summed E-state index contributed by atoms with van der Waals surface area (Å²) in [5.74, 6) is -1.43. The fourth-order valence-corrected chi connectivity index (χ4v) is 1.20. The van der Waals surface area contributed by atoms with Crippen LogP contribution in [0, 0.1) is 10.1 Å². The molecule has 0 aromatic carbocycles. The van der Waals surface area contributed by atoms with Crippen LogP contribution in [-0.2, 0) is 0 Å². The summed E-state index contributed by atoms with van der Waals surface area (Å²) in [6.45, 7) is 0. The Bertz CT molecular complexity index is 479. The molecule has 0 aliphatic rings. The molecule has 1 rings (SSSR count). The molecule has 0 saturated heterocycles. The van der Waals surface area contributed by atoms with Gasteiger partial charge in [-0.2, -0.15) is 0 Å². The Morgan fingerprint density at radius 1 is 1.44 bits per heavy atom. The number of rotatable bonds is 3. The van der Waals surface area contributed by atoms with E-state index in [9.17, 15) is 32.1 Å². The van der Waals surface area contributed by atoms with Gasteiger partial charge in [-0.1, -0.05) is 11.6 Å². The lowest BCUT2D eigenvalue weighted by atomic mass is 10.3. The molecular formula is C7H2ClF5N2O3. The molecular weight excluding hydrogens is 291 g/mol. The average Bonchev–Trinajstić information content (AvgIpc) is 2.18. The molecule has 0 saturated carbocycles. The van der Waals surface area contributed by atoms with Gasteiger partial charge in [0.25, 0.3) is 6.43 Å². The molecule has 1 heterocycles. The van der Waals surface area contributed by atoms with Crippen LogP contribution in [0.3, 0.4) is 0 Å². The van der Waals surface area contributed by atoms with E-state index in [1.807, 2.05) is 0 Å². The molecule has 0 aliphatic carbocycles. The van der Waals surface area contributed by atoms with Gasteiger partial charge in [0.05, 0.1) is 4.92 Å². The summed E-state index contributed by atoms with van der Waals surface area (Å²) in [5, 5.41) is 9.29. The Balaban J connectivity index is 3.37. The van der Waals surface area contributed by atoms with Crippen molar-refractivity contribution < 1.29 is 31.6 Å². The van der Waals surface area contributed by atoms with Gasteiger partial charge in [-0.05, 0) is 0 Å². The molecule has 1 aromatic rings. The summed E-state index contributed by atoms with van der Waals surface area (Å²) in [7, 11) is 0. The van der Waals surface area contributed by atoms with Crippen LogP contribution < -0.4 is 4.74 Å². The van der Waals surface area contributed by atoms with Crippen LogP contribution in [-0.4, -0.2) is 16.3 Å². The van der Waals surface area contributed by atoms with Crippen LogP contribution in [0.4, 0.5) is 27.6 Å². The van der Waals surface area contributed by atoms with Crippen molar-refractivity contribution in [3.63, 3.8) is 0 Å². The number of hydrogen-bond donors (Lipinski definition) is 0. The second kappa shape index (κ2) is 4.88. The number of nitro groups is 1. The summed E-state index contributed by atoms with van der Waals surface area (Å²) in [6.07, 6.45) is -8.48. The Labute approximate surface area is 100 Å². The summed E-state index contributed by atoms with van der Waals surface area (Å²) < 4.78 is 63.6. The van der Waals surface area contributed by atoms with Crippen LogP contribution in [0.15, 0.2) is 6.07 Å². The second-order valence-electron chi connectivity index (χ2n) is 2.79. The van der Waals surface area contributed by atoms with Crippen LogP contribution in [0.2, 0.25) is 5.15 Å². The highest BCUT2D eigenvalue weighted by atomic mass is 35.5. The van der Waals surface area contributed by atoms with Gasteiger partial charge in [0.2, 0.25) is 5.75 Å². The number of aromatic nitrogens is 1. The number of hydrogen-bond acceptors (Lipinski definition) is 4. The monoisotopic (exact) mass is 292 g/mol. The number of alkyl halides is 5. The molecule has 0 N–H and O–H groups in total. The van der Waals surface area contributed by atoms with E-state index in [2.05, 4.69) is 9.72 Å². The second-order valence-corrected chi connectivity index (χ2v) is 3.15. The molecule has 0 atom stereocenters. The molecule has 18 heavy (non-hydrogen) atoms. The normalized spacial score (nSPS) is 11.7. The quantitative estimate of drug-likeness (QED) is 0.370. The number of ether oxygens (including phenoxy) is 1. The predicted octanol–water partition coefficient (Wildman–Crippen LogP) is 3.48. The molecule has 11 heteroatoms. The van der Waals surface area contributed by atoms with Crippen LogP contribution >= 0.6 is 11.6 Å². The first-order chi connectivity index (χ1) is 8.11. The van der Waals surface area contributed by atoms with Crippen molar-refractivity contribution in [3.8, 4) is 5.75 Å². The van der Waals surface area contributed by atoms with E-state index in [1.54, 1.807) is 0 Å². The maximum atomic E-state index is 12.3. The predicted molar refractivity (Wildman–Crippen MR) is 47.5 cm³/mol. The van der Waals surface area contributed by atoms with Gasteiger partial charge in [-0.25, -0.2) is 13.8 Å². The zero-order valence-electron chi connectivity index (χ0n) is 8.04. The van der Waals surface area contributed by atoms with Crippen molar-refractivity contribution in [1.82, 2.24) is 4.98 Å². The molecule has 1 aromatic heterocycles. The Hall–Kier alpha value is -1.71. The van der Waals surface area contributed by atoms with E-state index < -0.39 is 40.0 Å². The van der Waals surface area contributed by atoms with Gasteiger partial charge >= 0.3 is 12.0 Å². The van der Waals surface area contributed by atoms with Crippen molar-refractivity contribution in [3.05, 3.63) is 27.0 Å². The van der Waals surface area contributed by atoms with Gasteiger partial charge in [-0.15, -0.1) is 13.2 Å². The third-order valence-corrected chi connectivity index (χ3v) is 1.83. The SMILES string of the molecule is O=[N+]([O-])c1cc(C(F)F)nc(Cl)c1OC(F)(F)F. The van der Waals surface area contributed by atoms with E-state index >= 15 is 0 Å². The summed E-state index contributed by atoms with van der Waals surface area (Å²) in [5.41, 5.74) is -2.47. The smallest absolute Gasteiger partial charge is 0.395 e. The standard InChI is InChI=1S/C7H2ClF5N2O3/c8-5-4(18-7(11,12)13)3(15(16)17)1-2(14-5)6(9)10/h1,6H. The Morgan fingerprint density at radius 2 is 2.00 bits per heavy atom. The van der Waals surface area contributed by atoms with E-state index in [1.165, 1.54) is 0 Å². The third-order valence-electron chi connectivity index (χ3n) is 1.57. The lowest BCUT2D eigenvalue weighted by molar-refractivity contribution is -0.388. The highest BCUT2D eigenvalue weighted by Crippen LogP contribution is 2.39. The lowest BCUT2D eigenvalue weighted by Crippen LogP contribution is -2.18. The number of pyridine rings is 1. The maximum absolute atomic E-state index is 12.3. The average molecular weight is 293 g/mol. The van der Waals surface area contributed by atoms with E-state index in [-0.39, 0.29) is 6.07 Å².